The highest BCUT2D eigenvalue weighted by molar-refractivity contribution is 4.94. The Balaban J connectivity index is 2.17. The third kappa shape index (κ3) is 4.36. The van der Waals surface area contributed by atoms with Crippen LogP contribution in [0.3, 0.4) is 0 Å². The molecule has 0 spiro atoms. The van der Waals surface area contributed by atoms with E-state index >= 15 is 0 Å². The molecular weight excluding hydrogens is 352 g/mol. The van der Waals surface area contributed by atoms with Crippen molar-refractivity contribution in [3.8, 4) is 0 Å². The molecule has 0 unspecified atom stereocenters. The summed E-state index contributed by atoms with van der Waals surface area (Å²) in [5.74, 6) is 0. The number of aliphatic hydroxyl groups excluding tert-OH is 3. The maximum absolute atomic E-state index is 10.5. The zero-order valence-corrected chi connectivity index (χ0v) is 15.7. The van der Waals surface area contributed by atoms with Crippen LogP contribution in [0.25, 0.3) is 0 Å². The van der Waals surface area contributed by atoms with Crippen molar-refractivity contribution < 1.29 is 48.5 Å². The van der Waals surface area contributed by atoms with Crippen LogP contribution in [0.1, 0.15) is 6.92 Å². The molecule has 154 valence electrons. The van der Waals surface area contributed by atoms with Crippen molar-refractivity contribution in [2.45, 2.75) is 68.3 Å². The monoisotopic (exact) mass is 382 g/mol. The Hall–Kier alpha value is -0.400. The molecule has 0 aliphatic carbocycles. The van der Waals surface area contributed by atoms with Crippen molar-refractivity contribution >= 4 is 0 Å². The van der Waals surface area contributed by atoms with Crippen LogP contribution >= 0.6 is 0 Å². The molecule has 0 amide bonds. The Morgan fingerprint density at radius 1 is 0.769 bits per heavy atom. The fourth-order valence-corrected chi connectivity index (χ4v) is 3.45. The van der Waals surface area contributed by atoms with E-state index in [0.29, 0.717) is 0 Å². The van der Waals surface area contributed by atoms with Gasteiger partial charge in [0.1, 0.15) is 42.7 Å². The lowest BCUT2D eigenvalue weighted by Crippen LogP contribution is -2.64. The van der Waals surface area contributed by atoms with Gasteiger partial charge in [-0.05, 0) is 6.92 Å². The van der Waals surface area contributed by atoms with E-state index in [1.165, 1.54) is 28.4 Å². The minimum absolute atomic E-state index is 0.0947. The zero-order valence-electron chi connectivity index (χ0n) is 15.7. The van der Waals surface area contributed by atoms with Crippen LogP contribution in [0.15, 0.2) is 0 Å². The van der Waals surface area contributed by atoms with Crippen molar-refractivity contribution in [2.24, 2.45) is 0 Å². The van der Waals surface area contributed by atoms with Crippen molar-refractivity contribution in [1.29, 1.82) is 0 Å². The summed E-state index contributed by atoms with van der Waals surface area (Å²) in [6, 6.07) is 0. The summed E-state index contributed by atoms with van der Waals surface area (Å²) in [4.78, 5) is 0. The first-order chi connectivity index (χ1) is 12.4. The Kier molecular flexibility index (Phi) is 8.16. The van der Waals surface area contributed by atoms with Crippen LogP contribution in [0.4, 0.5) is 0 Å². The maximum Gasteiger partial charge on any atom is 0.187 e. The van der Waals surface area contributed by atoms with Crippen LogP contribution in [-0.4, -0.2) is 112 Å². The molecule has 0 aromatic heterocycles. The minimum atomic E-state index is -1.25. The molecule has 0 saturated carbocycles. The second-order valence-corrected chi connectivity index (χ2v) is 6.41. The van der Waals surface area contributed by atoms with Gasteiger partial charge in [0.2, 0.25) is 0 Å². The normalized spacial score (nSPS) is 47.1. The van der Waals surface area contributed by atoms with Gasteiger partial charge in [0.05, 0.1) is 12.7 Å². The summed E-state index contributed by atoms with van der Waals surface area (Å²) in [6.07, 6.45) is -9.00. The largest absolute Gasteiger partial charge is 0.387 e. The van der Waals surface area contributed by atoms with Gasteiger partial charge < -0.3 is 48.5 Å². The highest BCUT2D eigenvalue weighted by atomic mass is 16.7. The van der Waals surface area contributed by atoms with Gasteiger partial charge in [-0.2, -0.15) is 0 Å². The first kappa shape index (κ1) is 21.9. The molecule has 2 saturated heterocycles. The standard InChI is InChI=1S/C16H30O10/c1-7-11(13(22-4)14(23-5)15(19)24-7)26-16-10(18)12(21-3)9(17)8(25-16)6-20-2/h7-19H,6H2,1-5H3/t7-,8+,9+,10+,11-,12-,13+,14+,15+,16-/m0/s1. The van der Waals surface area contributed by atoms with Gasteiger partial charge in [0.25, 0.3) is 0 Å². The fourth-order valence-electron chi connectivity index (χ4n) is 3.45. The van der Waals surface area contributed by atoms with Crippen LogP contribution in [0.2, 0.25) is 0 Å². The molecule has 10 heteroatoms. The van der Waals surface area contributed by atoms with Crippen molar-refractivity contribution in [3.63, 3.8) is 0 Å². The average molecular weight is 382 g/mol. The number of hydrogen-bond donors (Lipinski definition) is 3. The Labute approximate surface area is 152 Å². The van der Waals surface area contributed by atoms with E-state index in [1.807, 2.05) is 0 Å². The molecule has 0 aromatic carbocycles. The van der Waals surface area contributed by atoms with Crippen LogP contribution < -0.4 is 0 Å². The molecule has 3 N–H and O–H groups in total. The molecular formula is C16H30O10. The van der Waals surface area contributed by atoms with Crippen molar-refractivity contribution in [3.05, 3.63) is 0 Å². The second kappa shape index (κ2) is 9.69. The molecule has 2 aliphatic rings. The third-order valence-electron chi connectivity index (χ3n) is 4.83. The molecule has 10 nitrogen and oxygen atoms in total. The van der Waals surface area contributed by atoms with E-state index in [-0.39, 0.29) is 6.61 Å². The van der Waals surface area contributed by atoms with E-state index in [2.05, 4.69) is 0 Å². The Bertz CT molecular complexity index is 424. The Morgan fingerprint density at radius 3 is 1.92 bits per heavy atom. The summed E-state index contributed by atoms with van der Waals surface area (Å²) in [7, 11) is 5.74. The summed E-state index contributed by atoms with van der Waals surface area (Å²) < 4.78 is 38.0. The van der Waals surface area contributed by atoms with Gasteiger partial charge in [-0.25, -0.2) is 0 Å². The number of methoxy groups -OCH3 is 4. The fraction of sp³-hybridized carbons (Fsp3) is 1.00. The van der Waals surface area contributed by atoms with Gasteiger partial charge in [-0.3, -0.25) is 0 Å². The lowest BCUT2D eigenvalue weighted by Gasteiger charge is -2.47. The zero-order chi connectivity index (χ0) is 19.4. The average Bonchev–Trinajstić information content (AvgIpc) is 2.61. The van der Waals surface area contributed by atoms with E-state index in [4.69, 9.17) is 33.2 Å². The number of aliphatic hydroxyl groups is 3. The van der Waals surface area contributed by atoms with Crippen LogP contribution in [0.5, 0.6) is 0 Å². The lowest BCUT2D eigenvalue weighted by atomic mass is 9.97. The van der Waals surface area contributed by atoms with Crippen LogP contribution in [-0.2, 0) is 33.2 Å². The molecule has 0 radical (unpaired) electrons. The van der Waals surface area contributed by atoms with Gasteiger partial charge >= 0.3 is 0 Å². The summed E-state index contributed by atoms with van der Waals surface area (Å²) in [6.45, 7) is 1.80. The highest BCUT2D eigenvalue weighted by Gasteiger charge is 2.50. The minimum Gasteiger partial charge on any atom is -0.387 e. The SMILES string of the molecule is COC[C@H]1O[C@@H](O[C@@H]2[C@@H](OC)[C@@H](OC)[C@H](O)O[C@H]2C)[C@H](O)[C@@H](OC)[C@@H]1O. The van der Waals surface area contributed by atoms with Gasteiger partial charge in [-0.15, -0.1) is 0 Å². The summed E-state index contributed by atoms with van der Waals surface area (Å²) in [5, 5.41) is 30.8. The van der Waals surface area contributed by atoms with Crippen molar-refractivity contribution in [1.82, 2.24) is 0 Å². The second-order valence-electron chi connectivity index (χ2n) is 6.41. The predicted molar refractivity (Wildman–Crippen MR) is 86.4 cm³/mol. The smallest absolute Gasteiger partial charge is 0.187 e. The Morgan fingerprint density at radius 2 is 1.38 bits per heavy atom. The summed E-state index contributed by atoms with van der Waals surface area (Å²) in [5.41, 5.74) is 0. The number of hydrogen-bond acceptors (Lipinski definition) is 10. The molecule has 2 aliphatic heterocycles. The molecule has 2 rings (SSSR count). The first-order valence-electron chi connectivity index (χ1n) is 8.47. The molecule has 26 heavy (non-hydrogen) atoms. The van der Waals surface area contributed by atoms with Gasteiger partial charge in [-0.1, -0.05) is 0 Å². The molecule has 2 fully saturated rings. The van der Waals surface area contributed by atoms with E-state index in [9.17, 15) is 15.3 Å². The third-order valence-corrected chi connectivity index (χ3v) is 4.83. The quantitative estimate of drug-likeness (QED) is 0.467. The molecule has 0 bridgehead atoms. The van der Waals surface area contributed by atoms with Crippen LogP contribution in [0, 0.1) is 0 Å². The van der Waals surface area contributed by atoms with E-state index < -0.39 is 61.4 Å². The van der Waals surface area contributed by atoms with E-state index in [1.54, 1.807) is 6.92 Å². The maximum atomic E-state index is 10.5. The topological polar surface area (TPSA) is 125 Å². The first-order valence-corrected chi connectivity index (χ1v) is 8.47. The molecule has 2 heterocycles. The number of rotatable bonds is 7. The predicted octanol–water partition coefficient (Wildman–Crippen LogP) is -1.75. The van der Waals surface area contributed by atoms with Gasteiger partial charge in [0.15, 0.2) is 12.6 Å². The summed E-state index contributed by atoms with van der Waals surface area (Å²) >= 11 is 0. The van der Waals surface area contributed by atoms with Crippen molar-refractivity contribution in [2.75, 3.05) is 35.0 Å². The lowest BCUT2D eigenvalue weighted by molar-refractivity contribution is -0.356. The number of ether oxygens (including phenoxy) is 7. The molecule has 10 atom stereocenters. The highest BCUT2D eigenvalue weighted by Crippen LogP contribution is 2.31. The van der Waals surface area contributed by atoms with Gasteiger partial charge in [0, 0.05) is 28.4 Å². The molecule has 0 aromatic rings. The van der Waals surface area contributed by atoms with E-state index in [0.717, 1.165) is 0 Å².